The summed E-state index contributed by atoms with van der Waals surface area (Å²) in [5, 5.41) is 5.26. The van der Waals surface area contributed by atoms with Crippen LogP contribution in [0.1, 0.15) is 27.8 Å². The van der Waals surface area contributed by atoms with Crippen molar-refractivity contribution in [1.29, 1.82) is 0 Å². The lowest BCUT2D eigenvalue weighted by atomic mass is 10.1. The van der Waals surface area contributed by atoms with Crippen molar-refractivity contribution in [3.8, 4) is 11.4 Å². The first kappa shape index (κ1) is 21.9. The van der Waals surface area contributed by atoms with Gasteiger partial charge in [0, 0.05) is 32.9 Å². The standard InChI is InChI=1S/C35H30N2/c1-21-6-11-32-27(16-21)28-17-22(2)7-12-33(28)36(32)26-10-15-31(25(5)20-26)37-34-13-8-23(3)18-29(34)30-19-24(4)9-14-35(30)37/h6-20H,1-5H3. The van der Waals surface area contributed by atoms with Crippen LogP contribution in [0.25, 0.3) is 55.0 Å². The molecule has 2 aromatic heterocycles. The lowest BCUT2D eigenvalue weighted by Crippen LogP contribution is -2.00. The van der Waals surface area contributed by atoms with Gasteiger partial charge in [0.15, 0.2) is 0 Å². The van der Waals surface area contributed by atoms with Gasteiger partial charge in [0.25, 0.3) is 0 Å². The highest BCUT2D eigenvalue weighted by atomic mass is 15.0. The molecule has 0 fully saturated rings. The second kappa shape index (κ2) is 7.85. The first-order valence-corrected chi connectivity index (χ1v) is 13.0. The van der Waals surface area contributed by atoms with Crippen LogP contribution >= 0.6 is 0 Å². The van der Waals surface area contributed by atoms with Crippen LogP contribution in [0.2, 0.25) is 0 Å². The Morgan fingerprint density at radius 2 is 0.757 bits per heavy atom. The molecule has 5 aromatic carbocycles. The molecule has 180 valence electrons. The number of benzene rings is 5. The van der Waals surface area contributed by atoms with Gasteiger partial charge in [-0.3, -0.25) is 0 Å². The number of hydrogen-bond donors (Lipinski definition) is 0. The molecule has 0 aliphatic carbocycles. The Bertz CT molecular complexity index is 1910. The summed E-state index contributed by atoms with van der Waals surface area (Å²) in [6.07, 6.45) is 0. The van der Waals surface area contributed by atoms with Gasteiger partial charge >= 0.3 is 0 Å². The van der Waals surface area contributed by atoms with Gasteiger partial charge in [-0.15, -0.1) is 0 Å². The fourth-order valence-electron chi connectivity index (χ4n) is 6.07. The number of aryl methyl sites for hydroxylation is 5. The minimum atomic E-state index is 1.20. The molecule has 0 aliphatic heterocycles. The van der Waals surface area contributed by atoms with Crippen molar-refractivity contribution in [1.82, 2.24) is 9.13 Å². The zero-order chi connectivity index (χ0) is 25.4. The van der Waals surface area contributed by atoms with Crippen molar-refractivity contribution in [3.05, 3.63) is 119 Å². The van der Waals surface area contributed by atoms with E-state index in [1.807, 2.05) is 0 Å². The molecule has 7 aromatic rings. The van der Waals surface area contributed by atoms with Crippen molar-refractivity contribution in [2.75, 3.05) is 0 Å². The van der Waals surface area contributed by atoms with Gasteiger partial charge in [0.1, 0.15) is 0 Å². The number of hydrogen-bond acceptors (Lipinski definition) is 0. The summed E-state index contributed by atoms with van der Waals surface area (Å²) in [6.45, 7) is 10.9. The Hall–Kier alpha value is -4.30. The first-order chi connectivity index (χ1) is 17.9. The molecular weight excluding hydrogens is 448 g/mol. The minimum Gasteiger partial charge on any atom is -0.309 e. The van der Waals surface area contributed by atoms with E-state index in [0.29, 0.717) is 0 Å². The van der Waals surface area contributed by atoms with Crippen LogP contribution < -0.4 is 0 Å². The normalized spacial score (nSPS) is 11.9. The number of fused-ring (bicyclic) bond motifs is 6. The van der Waals surface area contributed by atoms with Crippen molar-refractivity contribution in [2.24, 2.45) is 0 Å². The minimum absolute atomic E-state index is 1.20. The SMILES string of the molecule is Cc1ccc2c(c1)c1cc(C)ccc1n2-c1ccc(-n2c3ccc(C)cc3c3cc(C)ccc32)c(C)c1. The van der Waals surface area contributed by atoms with E-state index in [9.17, 15) is 0 Å². The van der Waals surface area contributed by atoms with E-state index < -0.39 is 0 Å². The zero-order valence-electron chi connectivity index (χ0n) is 22.1. The van der Waals surface area contributed by atoms with Gasteiger partial charge in [-0.1, -0.05) is 46.5 Å². The molecule has 0 atom stereocenters. The van der Waals surface area contributed by atoms with E-state index in [1.54, 1.807) is 0 Å². The van der Waals surface area contributed by atoms with Gasteiger partial charge in [0.05, 0.1) is 22.1 Å². The molecule has 0 N–H and O–H groups in total. The summed E-state index contributed by atoms with van der Waals surface area (Å²) in [5.74, 6) is 0. The summed E-state index contributed by atoms with van der Waals surface area (Å²) in [7, 11) is 0. The molecule has 0 saturated carbocycles. The van der Waals surface area contributed by atoms with Crippen LogP contribution in [0.15, 0.2) is 91.0 Å². The summed E-state index contributed by atoms with van der Waals surface area (Å²) in [5.41, 5.74) is 13.8. The third-order valence-corrected chi connectivity index (χ3v) is 7.83. The molecule has 0 saturated heterocycles. The highest BCUT2D eigenvalue weighted by Crippen LogP contribution is 2.37. The van der Waals surface area contributed by atoms with Gasteiger partial charge < -0.3 is 9.13 Å². The maximum atomic E-state index is 2.43. The molecule has 0 amide bonds. The topological polar surface area (TPSA) is 9.86 Å². The first-order valence-electron chi connectivity index (χ1n) is 13.0. The maximum absolute atomic E-state index is 2.43. The summed E-state index contributed by atoms with van der Waals surface area (Å²) in [6, 6.07) is 34.1. The third-order valence-electron chi connectivity index (χ3n) is 7.83. The maximum Gasteiger partial charge on any atom is 0.0541 e. The predicted molar refractivity (Wildman–Crippen MR) is 159 cm³/mol. The molecule has 2 nitrogen and oxygen atoms in total. The highest BCUT2D eigenvalue weighted by Gasteiger charge is 2.17. The molecule has 0 aliphatic rings. The number of rotatable bonds is 2. The summed E-state index contributed by atoms with van der Waals surface area (Å²) >= 11 is 0. The largest absolute Gasteiger partial charge is 0.309 e. The quantitative estimate of drug-likeness (QED) is 0.234. The van der Waals surface area contributed by atoms with Crippen molar-refractivity contribution >= 4 is 43.6 Å². The predicted octanol–water partition coefficient (Wildman–Crippen LogP) is 9.42. The second-order valence-corrected chi connectivity index (χ2v) is 10.7. The third kappa shape index (κ3) is 3.25. The Morgan fingerprint density at radius 3 is 1.14 bits per heavy atom. The van der Waals surface area contributed by atoms with Gasteiger partial charge in [-0.25, -0.2) is 0 Å². The molecule has 2 heterocycles. The Labute approximate surface area is 217 Å². The fraction of sp³-hybridized carbons (Fsp3) is 0.143. The summed E-state index contributed by atoms with van der Waals surface area (Å²) in [4.78, 5) is 0. The van der Waals surface area contributed by atoms with E-state index in [1.165, 1.54) is 82.8 Å². The lowest BCUT2D eigenvalue weighted by Gasteiger charge is -2.15. The van der Waals surface area contributed by atoms with Crippen LogP contribution in [-0.4, -0.2) is 9.13 Å². The fourth-order valence-corrected chi connectivity index (χ4v) is 6.07. The van der Waals surface area contributed by atoms with Crippen molar-refractivity contribution in [2.45, 2.75) is 34.6 Å². The number of nitrogens with zero attached hydrogens (tertiary/aromatic N) is 2. The molecule has 2 heteroatoms. The molecule has 0 unspecified atom stereocenters. The van der Waals surface area contributed by atoms with E-state index in [0.717, 1.165) is 0 Å². The molecule has 0 bridgehead atoms. The summed E-state index contributed by atoms with van der Waals surface area (Å²) < 4.78 is 4.85. The van der Waals surface area contributed by atoms with Crippen LogP contribution in [-0.2, 0) is 0 Å². The Morgan fingerprint density at radius 1 is 0.378 bits per heavy atom. The second-order valence-electron chi connectivity index (χ2n) is 10.7. The molecule has 37 heavy (non-hydrogen) atoms. The van der Waals surface area contributed by atoms with Crippen molar-refractivity contribution in [3.63, 3.8) is 0 Å². The van der Waals surface area contributed by atoms with Crippen LogP contribution in [0.3, 0.4) is 0 Å². The van der Waals surface area contributed by atoms with E-state index in [2.05, 4.69) is 135 Å². The van der Waals surface area contributed by atoms with Gasteiger partial charge in [0.2, 0.25) is 0 Å². The monoisotopic (exact) mass is 478 g/mol. The molecular formula is C35H30N2. The Balaban J connectivity index is 1.49. The van der Waals surface area contributed by atoms with Crippen LogP contribution in [0.4, 0.5) is 0 Å². The smallest absolute Gasteiger partial charge is 0.0541 e. The molecule has 0 radical (unpaired) electrons. The lowest BCUT2D eigenvalue weighted by molar-refractivity contribution is 1.12. The zero-order valence-corrected chi connectivity index (χ0v) is 22.1. The average molecular weight is 479 g/mol. The van der Waals surface area contributed by atoms with E-state index in [-0.39, 0.29) is 0 Å². The van der Waals surface area contributed by atoms with Gasteiger partial charge in [-0.05, 0) is 107 Å². The molecule has 7 rings (SSSR count). The van der Waals surface area contributed by atoms with Crippen LogP contribution in [0.5, 0.6) is 0 Å². The highest BCUT2D eigenvalue weighted by molar-refractivity contribution is 6.11. The van der Waals surface area contributed by atoms with E-state index >= 15 is 0 Å². The van der Waals surface area contributed by atoms with Crippen LogP contribution in [0, 0.1) is 34.6 Å². The number of aromatic nitrogens is 2. The Kier molecular flexibility index (Phi) is 4.65. The van der Waals surface area contributed by atoms with Crippen molar-refractivity contribution < 1.29 is 0 Å². The molecule has 0 spiro atoms. The van der Waals surface area contributed by atoms with Gasteiger partial charge in [-0.2, -0.15) is 0 Å². The van der Waals surface area contributed by atoms with E-state index in [4.69, 9.17) is 0 Å². The average Bonchev–Trinajstić information content (AvgIpc) is 3.35.